The summed E-state index contributed by atoms with van der Waals surface area (Å²) in [5, 5.41) is 9.17. The van der Waals surface area contributed by atoms with E-state index in [9.17, 15) is 27.2 Å². The van der Waals surface area contributed by atoms with Crippen LogP contribution in [-0.2, 0) is 12.7 Å². The van der Waals surface area contributed by atoms with E-state index in [1.165, 1.54) is 11.1 Å². The Kier molecular flexibility index (Phi) is 7.66. The standard InChI is InChI=1S/C33H26F6N7OS/c1-45(14-17-4-2-8-42-13-17)30-20-10-22(33(37,38)39)25(19-5-6-23(35)28-24(19)21(12-40)29(41)48-28)26(36)27(20)43-31(44-30)47-16-32-7-3-9-46(32)15-18(34)11-32/h2,4-6,8,10,13,15,18H,3,7,9,11,14,16,41H2,1H3/q+1. The number of hydrogen-bond donors (Lipinski definition) is 1. The van der Waals surface area contributed by atoms with Gasteiger partial charge in [0.2, 0.25) is 0 Å². The Labute approximate surface area is 273 Å². The molecule has 0 radical (unpaired) electrons. The number of nitrogens with zero attached hydrogens (tertiary/aromatic N) is 6. The zero-order valence-corrected chi connectivity index (χ0v) is 26.1. The van der Waals surface area contributed by atoms with Crippen LogP contribution in [0.25, 0.3) is 32.1 Å². The van der Waals surface area contributed by atoms with E-state index >= 15 is 4.39 Å². The molecule has 246 valence electrons. The minimum Gasteiger partial charge on any atom is -0.456 e. The topological polar surface area (TPSA) is 104 Å². The molecule has 2 N–H and O–H groups in total. The summed E-state index contributed by atoms with van der Waals surface area (Å²) in [7, 11) is 1.57. The normalized spacial score (nSPS) is 19.0. The van der Waals surface area contributed by atoms with E-state index in [1.807, 2.05) is 10.6 Å². The minimum absolute atomic E-state index is 0.0331. The second-order valence-corrected chi connectivity index (χ2v) is 13.0. The number of thiophene rings is 1. The lowest BCUT2D eigenvalue weighted by Gasteiger charge is -2.24. The first-order chi connectivity index (χ1) is 22.9. The summed E-state index contributed by atoms with van der Waals surface area (Å²) < 4.78 is 98.5. The van der Waals surface area contributed by atoms with Crippen molar-refractivity contribution < 1.29 is 35.7 Å². The number of ether oxygens (including phenoxy) is 1. The van der Waals surface area contributed by atoms with E-state index in [0.29, 0.717) is 29.9 Å². The Morgan fingerprint density at radius 2 is 2.04 bits per heavy atom. The van der Waals surface area contributed by atoms with Gasteiger partial charge in [0.1, 0.15) is 34.8 Å². The summed E-state index contributed by atoms with van der Waals surface area (Å²) in [6, 6.07) is 7.62. The number of benzene rings is 2. The number of anilines is 2. The highest BCUT2D eigenvalue weighted by Crippen LogP contribution is 2.48. The lowest BCUT2D eigenvalue weighted by Crippen LogP contribution is -2.40. The zero-order valence-electron chi connectivity index (χ0n) is 25.3. The van der Waals surface area contributed by atoms with Gasteiger partial charge in [-0.15, -0.1) is 11.3 Å². The molecule has 7 rings (SSSR count). The van der Waals surface area contributed by atoms with Crippen molar-refractivity contribution in [1.82, 2.24) is 15.0 Å². The van der Waals surface area contributed by atoms with E-state index < -0.39 is 46.2 Å². The van der Waals surface area contributed by atoms with Crippen LogP contribution in [0.2, 0.25) is 0 Å². The van der Waals surface area contributed by atoms with Gasteiger partial charge in [-0.3, -0.25) is 4.98 Å². The first-order valence-corrected chi connectivity index (χ1v) is 15.7. The molecule has 2 aromatic carbocycles. The number of nitrogens with two attached hydrogens (primary N) is 1. The van der Waals surface area contributed by atoms with Crippen molar-refractivity contribution in [3.63, 3.8) is 0 Å². The Morgan fingerprint density at radius 3 is 2.77 bits per heavy atom. The van der Waals surface area contributed by atoms with Crippen molar-refractivity contribution >= 4 is 49.4 Å². The van der Waals surface area contributed by atoms with Crippen molar-refractivity contribution in [2.45, 2.75) is 43.7 Å². The van der Waals surface area contributed by atoms with Crippen LogP contribution in [0.4, 0.5) is 37.2 Å². The molecule has 0 aliphatic carbocycles. The monoisotopic (exact) mass is 682 g/mol. The smallest absolute Gasteiger partial charge is 0.417 e. The van der Waals surface area contributed by atoms with Gasteiger partial charge >= 0.3 is 12.2 Å². The van der Waals surface area contributed by atoms with Crippen LogP contribution in [0.15, 0.2) is 42.7 Å². The lowest BCUT2D eigenvalue weighted by molar-refractivity contribution is -0.577. The van der Waals surface area contributed by atoms with Crippen molar-refractivity contribution in [2.75, 3.05) is 30.8 Å². The molecule has 15 heteroatoms. The quantitative estimate of drug-likeness (QED) is 0.145. The van der Waals surface area contributed by atoms with Crippen LogP contribution in [-0.4, -0.2) is 57.7 Å². The van der Waals surface area contributed by atoms with Crippen molar-refractivity contribution in [2.24, 2.45) is 0 Å². The SMILES string of the molecule is CN(Cc1cccnc1)c1nc(OCC23CCC[N+]2=CC(F)C3)nc2c(F)c(-c3ccc(F)c4sc(N)c(C#N)c34)c(C(F)(F)F)cc12. The number of hydrogen-bond acceptors (Lipinski definition) is 8. The molecule has 0 spiro atoms. The van der Waals surface area contributed by atoms with E-state index in [1.54, 1.807) is 31.6 Å². The lowest BCUT2D eigenvalue weighted by atomic mass is 9.92. The molecule has 1 fully saturated rings. The largest absolute Gasteiger partial charge is 0.456 e. The molecule has 1 saturated heterocycles. The zero-order chi connectivity index (χ0) is 34.0. The fourth-order valence-electron chi connectivity index (χ4n) is 6.82. The van der Waals surface area contributed by atoms with Gasteiger partial charge in [-0.05, 0) is 29.3 Å². The number of nitrogen functional groups attached to an aromatic ring is 1. The van der Waals surface area contributed by atoms with E-state index in [-0.39, 0.29) is 63.0 Å². The summed E-state index contributed by atoms with van der Waals surface area (Å²) in [5.74, 6) is -2.25. The molecule has 48 heavy (non-hydrogen) atoms. The van der Waals surface area contributed by atoms with Gasteiger partial charge in [0.05, 0.1) is 22.2 Å². The maximum Gasteiger partial charge on any atom is 0.417 e. The van der Waals surface area contributed by atoms with Gasteiger partial charge in [-0.1, -0.05) is 12.1 Å². The summed E-state index contributed by atoms with van der Waals surface area (Å²) in [6.07, 6.45) is 0.0524. The Balaban J connectivity index is 1.46. The van der Waals surface area contributed by atoms with E-state index in [2.05, 4.69) is 15.0 Å². The van der Waals surface area contributed by atoms with Crippen LogP contribution in [0, 0.1) is 23.0 Å². The molecule has 8 nitrogen and oxygen atoms in total. The van der Waals surface area contributed by atoms with Gasteiger partial charge in [0.15, 0.2) is 30.3 Å². The molecular formula is C33H26F6N7OS+. The summed E-state index contributed by atoms with van der Waals surface area (Å²) in [4.78, 5) is 14.3. The molecule has 3 aromatic heterocycles. The number of nitriles is 1. The number of rotatable bonds is 7. The van der Waals surface area contributed by atoms with E-state index in [4.69, 9.17) is 10.5 Å². The average Bonchev–Trinajstić information content (AvgIpc) is 3.69. The Bertz CT molecular complexity index is 2160. The molecule has 2 aliphatic heterocycles. The Morgan fingerprint density at radius 1 is 1.23 bits per heavy atom. The van der Waals surface area contributed by atoms with Crippen molar-refractivity contribution in [3.05, 3.63) is 71.1 Å². The molecule has 0 saturated carbocycles. The van der Waals surface area contributed by atoms with Crippen LogP contribution < -0.4 is 15.4 Å². The first kappa shape index (κ1) is 31.6. The molecule has 5 aromatic rings. The van der Waals surface area contributed by atoms with Crippen LogP contribution in [0.3, 0.4) is 0 Å². The predicted molar refractivity (Wildman–Crippen MR) is 169 cm³/mol. The highest BCUT2D eigenvalue weighted by molar-refractivity contribution is 7.23. The molecule has 2 aliphatic rings. The molecule has 2 unspecified atom stereocenters. The number of aromatic nitrogens is 3. The van der Waals surface area contributed by atoms with Crippen molar-refractivity contribution in [1.29, 1.82) is 5.26 Å². The fourth-order valence-corrected chi connectivity index (χ4v) is 7.77. The molecule has 2 atom stereocenters. The van der Waals surface area contributed by atoms with E-state index in [0.717, 1.165) is 24.6 Å². The summed E-state index contributed by atoms with van der Waals surface area (Å²) in [6.45, 7) is 0.747. The minimum atomic E-state index is -5.10. The summed E-state index contributed by atoms with van der Waals surface area (Å²) >= 11 is 0.683. The number of pyridine rings is 1. The molecular weight excluding hydrogens is 656 g/mol. The van der Waals surface area contributed by atoms with Gasteiger partial charge in [0, 0.05) is 55.2 Å². The second kappa shape index (κ2) is 11.6. The van der Waals surface area contributed by atoms with Gasteiger partial charge < -0.3 is 15.4 Å². The predicted octanol–water partition coefficient (Wildman–Crippen LogP) is 7.03. The van der Waals surface area contributed by atoms with Crippen LogP contribution in [0.1, 0.15) is 36.0 Å². The van der Waals surface area contributed by atoms with Crippen LogP contribution >= 0.6 is 11.3 Å². The average molecular weight is 683 g/mol. The van der Waals surface area contributed by atoms with Gasteiger partial charge in [-0.2, -0.15) is 28.4 Å². The van der Waals surface area contributed by atoms with Crippen LogP contribution in [0.5, 0.6) is 6.01 Å². The molecule has 0 bridgehead atoms. The number of halogens is 6. The maximum atomic E-state index is 16.9. The molecule has 0 amide bonds. The van der Waals surface area contributed by atoms with Gasteiger partial charge in [0.25, 0.3) is 0 Å². The maximum absolute atomic E-state index is 16.9. The third kappa shape index (κ3) is 5.24. The van der Waals surface area contributed by atoms with Gasteiger partial charge in [-0.25, -0.2) is 17.7 Å². The number of fused-ring (bicyclic) bond motifs is 3. The highest BCUT2D eigenvalue weighted by Gasteiger charge is 2.53. The first-order valence-electron chi connectivity index (χ1n) is 14.9. The Hall–Kier alpha value is -4.97. The summed E-state index contributed by atoms with van der Waals surface area (Å²) in [5.41, 5.74) is 2.55. The molecule has 5 heterocycles. The fraction of sp³-hybridized carbons (Fsp3) is 0.303. The third-order valence-corrected chi connectivity index (χ3v) is 9.96. The highest BCUT2D eigenvalue weighted by atomic mass is 32.1. The third-order valence-electron chi connectivity index (χ3n) is 8.94. The number of alkyl halides is 4. The van der Waals surface area contributed by atoms with Crippen molar-refractivity contribution in [3.8, 4) is 23.2 Å². The second-order valence-electron chi connectivity index (χ2n) is 12.0.